The molecule has 2 amide bonds. The Bertz CT molecular complexity index is 562. The third-order valence-electron chi connectivity index (χ3n) is 4.57. The second-order valence-electron chi connectivity index (χ2n) is 5.98. The predicted molar refractivity (Wildman–Crippen MR) is 83.4 cm³/mol. The molecule has 4 heteroatoms. The average molecular weight is 286 g/mol. The van der Waals surface area contributed by atoms with E-state index in [0.717, 1.165) is 42.6 Å². The summed E-state index contributed by atoms with van der Waals surface area (Å²) in [5.41, 5.74) is 2.82. The van der Waals surface area contributed by atoms with Gasteiger partial charge in [0.15, 0.2) is 0 Å². The standard InChI is InChI=1S/C17H22N2O2/c1-2-19-15-9-8-14(10-13(15)11-16(19)20)18-17(21)12-6-4-3-5-7-12/h8-10,12H,2-7,11H2,1H3,(H,18,21). The van der Waals surface area contributed by atoms with Gasteiger partial charge in [-0.05, 0) is 43.5 Å². The molecule has 112 valence electrons. The van der Waals surface area contributed by atoms with Crippen LogP contribution in [-0.4, -0.2) is 18.4 Å². The minimum Gasteiger partial charge on any atom is -0.326 e. The zero-order chi connectivity index (χ0) is 14.8. The van der Waals surface area contributed by atoms with Crippen molar-refractivity contribution in [1.29, 1.82) is 0 Å². The van der Waals surface area contributed by atoms with Crippen LogP contribution in [0.15, 0.2) is 18.2 Å². The number of rotatable bonds is 3. The molecule has 2 aliphatic rings. The highest BCUT2D eigenvalue weighted by Gasteiger charge is 2.26. The number of hydrogen-bond donors (Lipinski definition) is 1. The molecule has 1 heterocycles. The van der Waals surface area contributed by atoms with Crippen LogP contribution in [0.5, 0.6) is 0 Å². The van der Waals surface area contributed by atoms with Gasteiger partial charge in [0.1, 0.15) is 0 Å². The fourth-order valence-electron chi connectivity index (χ4n) is 3.42. The lowest BCUT2D eigenvalue weighted by atomic mass is 9.88. The van der Waals surface area contributed by atoms with Crippen molar-refractivity contribution in [2.75, 3.05) is 16.8 Å². The van der Waals surface area contributed by atoms with Crippen molar-refractivity contribution in [2.24, 2.45) is 5.92 Å². The SMILES string of the molecule is CCN1C(=O)Cc2cc(NC(=O)C3CCCCC3)ccc21. The molecule has 0 bridgehead atoms. The highest BCUT2D eigenvalue weighted by atomic mass is 16.2. The molecular weight excluding hydrogens is 264 g/mol. The van der Waals surface area contributed by atoms with Crippen molar-refractivity contribution in [3.63, 3.8) is 0 Å². The molecule has 1 fully saturated rings. The van der Waals surface area contributed by atoms with Crippen LogP contribution in [0.1, 0.15) is 44.6 Å². The van der Waals surface area contributed by atoms with Gasteiger partial charge in [0.25, 0.3) is 0 Å². The second kappa shape index (κ2) is 5.88. The summed E-state index contributed by atoms with van der Waals surface area (Å²) in [5.74, 6) is 0.426. The lowest BCUT2D eigenvalue weighted by Crippen LogP contribution is -2.26. The highest BCUT2D eigenvalue weighted by molar-refractivity contribution is 6.02. The van der Waals surface area contributed by atoms with Gasteiger partial charge < -0.3 is 10.2 Å². The van der Waals surface area contributed by atoms with Gasteiger partial charge in [-0.2, -0.15) is 0 Å². The van der Waals surface area contributed by atoms with Crippen LogP contribution in [0.3, 0.4) is 0 Å². The largest absolute Gasteiger partial charge is 0.326 e. The first kappa shape index (κ1) is 14.1. The Morgan fingerprint density at radius 2 is 2.05 bits per heavy atom. The molecule has 0 atom stereocenters. The molecule has 3 rings (SSSR count). The van der Waals surface area contributed by atoms with E-state index in [1.165, 1.54) is 6.42 Å². The Morgan fingerprint density at radius 1 is 1.29 bits per heavy atom. The minimum atomic E-state index is 0.131. The molecule has 1 N–H and O–H groups in total. The molecule has 0 unspecified atom stereocenters. The van der Waals surface area contributed by atoms with Crippen molar-refractivity contribution < 1.29 is 9.59 Å². The Balaban J connectivity index is 1.71. The van der Waals surface area contributed by atoms with Crippen LogP contribution >= 0.6 is 0 Å². The van der Waals surface area contributed by atoms with Crippen molar-refractivity contribution in [3.8, 4) is 0 Å². The summed E-state index contributed by atoms with van der Waals surface area (Å²) in [6.45, 7) is 2.67. The van der Waals surface area contributed by atoms with E-state index in [2.05, 4.69) is 5.32 Å². The molecule has 1 aliphatic heterocycles. The van der Waals surface area contributed by atoms with Crippen molar-refractivity contribution in [1.82, 2.24) is 0 Å². The summed E-state index contributed by atoms with van der Waals surface area (Å²) in [6, 6.07) is 5.80. The first-order chi connectivity index (χ1) is 10.2. The van der Waals surface area contributed by atoms with Gasteiger partial charge in [-0.1, -0.05) is 19.3 Å². The normalized spacial score (nSPS) is 18.7. The van der Waals surface area contributed by atoms with Gasteiger partial charge in [0.05, 0.1) is 6.42 Å². The summed E-state index contributed by atoms with van der Waals surface area (Å²) in [4.78, 5) is 25.9. The topological polar surface area (TPSA) is 49.4 Å². The molecule has 0 saturated heterocycles. The molecular formula is C17H22N2O2. The number of amides is 2. The number of anilines is 2. The van der Waals surface area contributed by atoms with Crippen LogP contribution in [0.4, 0.5) is 11.4 Å². The molecule has 0 radical (unpaired) electrons. The summed E-state index contributed by atoms with van der Waals surface area (Å²) >= 11 is 0. The van der Waals surface area contributed by atoms with Crippen LogP contribution in [0.2, 0.25) is 0 Å². The van der Waals surface area contributed by atoms with Gasteiger partial charge in [-0.15, -0.1) is 0 Å². The van der Waals surface area contributed by atoms with Gasteiger partial charge in [-0.25, -0.2) is 0 Å². The average Bonchev–Trinajstić information content (AvgIpc) is 2.82. The number of hydrogen-bond acceptors (Lipinski definition) is 2. The van der Waals surface area contributed by atoms with Crippen LogP contribution in [-0.2, 0) is 16.0 Å². The molecule has 1 aromatic rings. The number of nitrogens with zero attached hydrogens (tertiary/aromatic N) is 1. The summed E-state index contributed by atoms with van der Waals surface area (Å²) in [6.07, 6.45) is 6.00. The first-order valence-electron chi connectivity index (χ1n) is 7.93. The maximum Gasteiger partial charge on any atom is 0.231 e. The van der Waals surface area contributed by atoms with Gasteiger partial charge >= 0.3 is 0 Å². The maximum atomic E-state index is 12.3. The van der Waals surface area contributed by atoms with E-state index >= 15 is 0 Å². The Hall–Kier alpha value is -1.84. The van der Waals surface area contributed by atoms with E-state index in [-0.39, 0.29) is 17.7 Å². The molecule has 1 aliphatic carbocycles. The molecule has 1 saturated carbocycles. The van der Waals surface area contributed by atoms with Crippen molar-refractivity contribution >= 4 is 23.2 Å². The Morgan fingerprint density at radius 3 is 2.76 bits per heavy atom. The van der Waals surface area contributed by atoms with E-state index in [0.29, 0.717) is 13.0 Å². The zero-order valence-corrected chi connectivity index (χ0v) is 12.5. The lowest BCUT2D eigenvalue weighted by molar-refractivity contribution is -0.120. The van der Waals surface area contributed by atoms with E-state index < -0.39 is 0 Å². The third kappa shape index (κ3) is 2.80. The fraction of sp³-hybridized carbons (Fsp3) is 0.529. The summed E-state index contributed by atoms with van der Waals surface area (Å²) < 4.78 is 0. The van der Waals surface area contributed by atoms with Crippen molar-refractivity contribution in [2.45, 2.75) is 45.4 Å². The van der Waals surface area contributed by atoms with Crippen LogP contribution in [0, 0.1) is 5.92 Å². The third-order valence-corrected chi connectivity index (χ3v) is 4.57. The van der Waals surface area contributed by atoms with Crippen molar-refractivity contribution in [3.05, 3.63) is 23.8 Å². The van der Waals surface area contributed by atoms with Gasteiger partial charge in [0.2, 0.25) is 11.8 Å². The Kier molecular flexibility index (Phi) is 3.95. The zero-order valence-electron chi connectivity index (χ0n) is 12.5. The number of benzene rings is 1. The Labute approximate surface area is 125 Å². The van der Waals surface area contributed by atoms with Gasteiger partial charge in [-0.3, -0.25) is 9.59 Å². The number of carbonyl (C=O) groups is 2. The maximum absolute atomic E-state index is 12.3. The summed E-state index contributed by atoms with van der Waals surface area (Å²) in [5, 5.41) is 3.02. The van der Waals surface area contributed by atoms with E-state index in [1.807, 2.05) is 25.1 Å². The molecule has 1 aromatic carbocycles. The number of carbonyl (C=O) groups excluding carboxylic acids is 2. The van der Waals surface area contributed by atoms with Crippen LogP contribution in [0.25, 0.3) is 0 Å². The minimum absolute atomic E-state index is 0.131. The highest BCUT2D eigenvalue weighted by Crippen LogP contribution is 2.31. The smallest absolute Gasteiger partial charge is 0.231 e. The molecule has 0 aromatic heterocycles. The van der Waals surface area contributed by atoms with E-state index in [4.69, 9.17) is 0 Å². The second-order valence-corrected chi connectivity index (χ2v) is 5.98. The van der Waals surface area contributed by atoms with E-state index in [9.17, 15) is 9.59 Å². The molecule has 21 heavy (non-hydrogen) atoms. The number of nitrogens with one attached hydrogen (secondary N) is 1. The summed E-state index contributed by atoms with van der Waals surface area (Å²) in [7, 11) is 0. The number of fused-ring (bicyclic) bond motifs is 1. The van der Waals surface area contributed by atoms with Crippen LogP contribution < -0.4 is 10.2 Å². The first-order valence-corrected chi connectivity index (χ1v) is 7.93. The van der Waals surface area contributed by atoms with E-state index in [1.54, 1.807) is 4.90 Å². The van der Waals surface area contributed by atoms with Gasteiger partial charge in [0, 0.05) is 23.8 Å². The molecule has 4 nitrogen and oxygen atoms in total. The predicted octanol–water partition coefficient (Wildman–Crippen LogP) is 3.11. The number of likely N-dealkylation sites (N-methyl/N-ethyl adjacent to an activating group) is 1. The quantitative estimate of drug-likeness (QED) is 0.928. The lowest BCUT2D eigenvalue weighted by Gasteiger charge is -2.21. The molecule has 0 spiro atoms. The monoisotopic (exact) mass is 286 g/mol. The fourth-order valence-corrected chi connectivity index (χ4v) is 3.42.